The maximum Gasteiger partial charge on any atom is 0.164 e. The quantitative estimate of drug-likeness (QED) is 0.799. The third kappa shape index (κ3) is 4.90. The third-order valence-electron chi connectivity index (χ3n) is 4.03. The van der Waals surface area contributed by atoms with Crippen molar-refractivity contribution in [1.29, 1.82) is 0 Å². The smallest absolute Gasteiger partial charge is 0.164 e. The highest BCUT2D eigenvalue weighted by atomic mass is 16.5. The molecule has 0 saturated carbocycles. The number of nitrogens with zero attached hydrogens (tertiary/aromatic N) is 1. The van der Waals surface area contributed by atoms with Crippen molar-refractivity contribution in [3.63, 3.8) is 0 Å². The van der Waals surface area contributed by atoms with Gasteiger partial charge in [-0.05, 0) is 56.9 Å². The number of ether oxygens (including phenoxy) is 2. The average Bonchev–Trinajstić information content (AvgIpc) is 2.54. The number of rotatable bonds is 8. The van der Waals surface area contributed by atoms with E-state index in [0.29, 0.717) is 6.54 Å². The number of benzene rings is 1. The van der Waals surface area contributed by atoms with E-state index in [1.165, 1.54) is 37.9 Å². The Morgan fingerprint density at radius 2 is 2.00 bits per heavy atom. The minimum atomic E-state index is 0.699. The van der Waals surface area contributed by atoms with Gasteiger partial charge in [0.25, 0.3) is 0 Å². The van der Waals surface area contributed by atoms with Crippen molar-refractivity contribution < 1.29 is 9.47 Å². The van der Waals surface area contributed by atoms with Gasteiger partial charge in [0.05, 0.1) is 7.11 Å². The van der Waals surface area contributed by atoms with Crippen molar-refractivity contribution in [2.24, 2.45) is 5.73 Å². The second kappa shape index (κ2) is 8.90. The van der Waals surface area contributed by atoms with E-state index in [0.717, 1.165) is 37.5 Å². The first-order chi connectivity index (χ1) is 10.3. The lowest BCUT2D eigenvalue weighted by Crippen LogP contribution is -2.33. The van der Waals surface area contributed by atoms with Gasteiger partial charge in [-0.25, -0.2) is 0 Å². The van der Waals surface area contributed by atoms with Gasteiger partial charge in [-0.15, -0.1) is 0 Å². The third-order valence-corrected chi connectivity index (χ3v) is 4.03. The summed E-state index contributed by atoms with van der Waals surface area (Å²) in [5.74, 6) is 1.72. The molecule has 0 unspecified atom stereocenters. The van der Waals surface area contributed by atoms with Gasteiger partial charge in [0.1, 0.15) is 6.61 Å². The summed E-state index contributed by atoms with van der Waals surface area (Å²) < 4.78 is 11.5. The van der Waals surface area contributed by atoms with E-state index >= 15 is 0 Å². The number of methoxy groups -OCH3 is 1. The van der Waals surface area contributed by atoms with Crippen LogP contribution >= 0.6 is 0 Å². The second-order valence-corrected chi connectivity index (χ2v) is 5.59. The predicted octanol–water partition coefficient (Wildman–Crippen LogP) is 2.45. The average molecular weight is 292 g/mol. The van der Waals surface area contributed by atoms with Crippen LogP contribution in [0.15, 0.2) is 18.2 Å². The summed E-state index contributed by atoms with van der Waals surface area (Å²) in [5.41, 5.74) is 6.81. The van der Waals surface area contributed by atoms with Crippen LogP contribution in [0.2, 0.25) is 0 Å². The fourth-order valence-electron chi connectivity index (χ4n) is 2.84. The maximum absolute atomic E-state index is 6.05. The number of para-hydroxylation sites is 1. The fourth-order valence-corrected chi connectivity index (χ4v) is 2.84. The van der Waals surface area contributed by atoms with Gasteiger partial charge < -0.3 is 15.2 Å². The molecule has 2 N–H and O–H groups in total. The Bertz CT molecular complexity index is 417. The first-order valence-corrected chi connectivity index (χ1v) is 8.06. The zero-order valence-electron chi connectivity index (χ0n) is 13.1. The lowest BCUT2D eigenvalue weighted by Gasteiger charge is -2.26. The summed E-state index contributed by atoms with van der Waals surface area (Å²) in [7, 11) is 1.69. The summed E-state index contributed by atoms with van der Waals surface area (Å²) in [6.45, 7) is 4.82. The van der Waals surface area contributed by atoms with Gasteiger partial charge >= 0.3 is 0 Å². The van der Waals surface area contributed by atoms with Gasteiger partial charge in [0, 0.05) is 6.54 Å². The molecular weight excluding hydrogens is 264 g/mol. The van der Waals surface area contributed by atoms with Crippen LogP contribution in [0.25, 0.3) is 0 Å². The van der Waals surface area contributed by atoms with Crippen LogP contribution in [-0.2, 0) is 6.42 Å². The van der Waals surface area contributed by atoms with Gasteiger partial charge in [-0.2, -0.15) is 0 Å². The van der Waals surface area contributed by atoms with Crippen LogP contribution in [0, 0.1) is 0 Å². The highest BCUT2D eigenvalue weighted by Gasteiger charge is 2.13. The van der Waals surface area contributed by atoms with Crippen molar-refractivity contribution in [2.75, 3.05) is 39.9 Å². The molecular formula is C17H28N2O2. The van der Waals surface area contributed by atoms with Gasteiger partial charge in [-0.1, -0.05) is 18.6 Å². The molecule has 1 aliphatic rings. The van der Waals surface area contributed by atoms with E-state index in [2.05, 4.69) is 11.0 Å². The molecule has 1 aromatic rings. The Labute approximate surface area is 128 Å². The molecule has 4 heteroatoms. The molecule has 0 atom stereocenters. The van der Waals surface area contributed by atoms with E-state index in [1.54, 1.807) is 7.11 Å². The van der Waals surface area contributed by atoms with Crippen LogP contribution in [-0.4, -0.2) is 44.8 Å². The molecule has 1 heterocycles. The summed E-state index contributed by atoms with van der Waals surface area (Å²) >= 11 is 0. The van der Waals surface area contributed by atoms with E-state index in [1.807, 2.05) is 12.1 Å². The molecule has 118 valence electrons. The van der Waals surface area contributed by atoms with E-state index in [9.17, 15) is 0 Å². The minimum absolute atomic E-state index is 0.699. The Balaban J connectivity index is 1.92. The molecule has 2 rings (SSSR count). The maximum atomic E-state index is 6.05. The number of piperidine rings is 1. The molecule has 21 heavy (non-hydrogen) atoms. The van der Waals surface area contributed by atoms with E-state index < -0.39 is 0 Å². The first-order valence-electron chi connectivity index (χ1n) is 8.06. The standard InChI is InChI=1S/C17H28N2O2/c1-20-16-9-5-7-15(8-6-10-18)17(16)21-14-13-19-11-3-2-4-12-19/h5,7,9H,2-4,6,8,10-14,18H2,1H3. The lowest BCUT2D eigenvalue weighted by atomic mass is 10.1. The van der Waals surface area contributed by atoms with Crippen molar-refractivity contribution >= 4 is 0 Å². The van der Waals surface area contributed by atoms with Crippen molar-refractivity contribution in [2.45, 2.75) is 32.1 Å². The van der Waals surface area contributed by atoms with Gasteiger partial charge in [-0.3, -0.25) is 4.90 Å². The van der Waals surface area contributed by atoms with E-state index in [-0.39, 0.29) is 0 Å². The van der Waals surface area contributed by atoms with Crippen LogP contribution in [0.5, 0.6) is 11.5 Å². The molecule has 0 bridgehead atoms. The molecule has 1 aliphatic heterocycles. The van der Waals surface area contributed by atoms with Crippen molar-refractivity contribution in [3.8, 4) is 11.5 Å². The summed E-state index contributed by atoms with van der Waals surface area (Å²) in [5, 5.41) is 0. The zero-order valence-corrected chi connectivity index (χ0v) is 13.1. The highest BCUT2D eigenvalue weighted by Crippen LogP contribution is 2.31. The van der Waals surface area contributed by atoms with Crippen molar-refractivity contribution in [3.05, 3.63) is 23.8 Å². The number of hydrogen-bond donors (Lipinski definition) is 1. The summed E-state index contributed by atoms with van der Waals surface area (Å²) in [6, 6.07) is 6.08. The fraction of sp³-hybridized carbons (Fsp3) is 0.647. The van der Waals surface area contributed by atoms with Gasteiger partial charge in [0.15, 0.2) is 11.5 Å². The Morgan fingerprint density at radius 3 is 2.71 bits per heavy atom. The highest BCUT2D eigenvalue weighted by molar-refractivity contribution is 5.46. The summed E-state index contributed by atoms with van der Waals surface area (Å²) in [6.07, 6.45) is 5.91. The number of aryl methyl sites for hydroxylation is 1. The van der Waals surface area contributed by atoms with Crippen molar-refractivity contribution in [1.82, 2.24) is 4.90 Å². The Kier molecular flexibility index (Phi) is 6.83. The van der Waals surface area contributed by atoms with Crippen LogP contribution < -0.4 is 15.2 Å². The first kappa shape index (κ1) is 16.1. The molecule has 1 aromatic carbocycles. The van der Waals surface area contributed by atoms with Gasteiger partial charge in [0.2, 0.25) is 0 Å². The lowest BCUT2D eigenvalue weighted by molar-refractivity contribution is 0.180. The molecule has 0 amide bonds. The monoisotopic (exact) mass is 292 g/mol. The van der Waals surface area contributed by atoms with Crippen LogP contribution in [0.1, 0.15) is 31.2 Å². The predicted molar refractivity (Wildman–Crippen MR) is 86.2 cm³/mol. The topological polar surface area (TPSA) is 47.7 Å². The summed E-state index contributed by atoms with van der Waals surface area (Å²) in [4.78, 5) is 2.48. The Morgan fingerprint density at radius 1 is 1.19 bits per heavy atom. The van der Waals surface area contributed by atoms with E-state index in [4.69, 9.17) is 15.2 Å². The molecule has 0 radical (unpaired) electrons. The molecule has 0 aliphatic carbocycles. The number of nitrogens with two attached hydrogens (primary N) is 1. The second-order valence-electron chi connectivity index (χ2n) is 5.59. The molecule has 1 saturated heterocycles. The largest absolute Gasteiger partial charge is 0.493 e. The normalized spacial score (nSPS) is 15.9. The molecule has 4 nitrogen and oxygen atoms in total. The molecule has 0 spiro atoms. The zero-order chi connectivity index (χ0) is 14.9. The Hall–Kier alpha value is -1.26. The number of likely N-dealkylation sites (tertiary alicyclic amines) is 1. The molecule has 1 fully saturated rings. The number of hydrogen-bond acceptors (Lipinski definition) is 4. The SMILES string of the molecule is COc1cccc(CCCN)c1OCCN1CCCCC1. The van der Waals surface area contributed by atoms with Crippen LogP contribution in [0.3, 0.4) is 0 Å². The van der Waals surface area contributed by atoms with Crippen LogP contribution in [0.4, 0.5) is 0 Å². The minimum Gasteiger partial charge on any atom is -0.493 e. The molecule has 0 aromatic heterocycles.